The molecule has 3 aliphatic rings. The van der Waals surface area contributed by atoms with E-state index in [1.807, 2.05) is 25.7 Å². The number of carbonyl (C=O) groups excluding carboxylic acids is 2. The van der Waals surface area contributed by atoms with Crippen LogP contribution in [0.4, 0.5) is 10.2 Å². The van der Waals surface area contributed by atoms with Crippen LogP contribution < -0.4 is 15.0 Å². The standard InChI is InChI=1S/C29H39FN6O3/c1-4-36(20(2)3)28(38)23-14-21(30)7-8-24(23)39-25-16-31-19-33-27(25)35-17-29(18-35)9-12-34(13-10-29)26(37)15-22-6-5-11-32-22/h7-8,14,16,19-20,22,32H,4-6,9-13,15,17-18H2,1-3H3/t22-/m0/s1. The Labute approximate surface area is 229 Å². The van der Waals surface area contributed by atoms with Crippen molar-refractivity contribution in [3.05, 3.63) is 42.1 Å². The van der Waals surface area contributed by atoms with Crippen LogP contribution >= 0.6 is 0 Å². The largest absolute Gasteiger partial charge is 0.451 e. The van der Waals surface area contributed by atoms with Crippen LogP contribution in [0.2, 0.25) is 0 Å². The normalized spacial score (nSPS) is 20.3. The van der Waals surface area contributed by atoms with E-state index in [2.05, 4.69) is 20.2 Å². The van der Waals surface area contributed by atoms with Gasteiger partial charge in [-0.25, -0.2) is 14.4 Å². The van der Waals surface area contributed by atoms with Crippen LogP contribution in [0.3, 0.4) is 0 Å². The van der Waals surface area contributed by atoms with Gasteiger partial charge in [0.2, 0.25) is 5.91 Å². The van der Waals surface area contributed by atoms with Crippen LogP contribution in [0.25, 0.3) is 0 Å². The van der Waals surface area contributed by atoms with Crippen LogP contribution in [-0.4, -0.2) is 82.9 Å². The van der Waals surface area contributed by atoms with Gasteiger partial charge in [-0.1, -0.05) is 0 Å². The fourth-order valence-electron chi connectivity index (χ4n) is 6.13. The fraction of sp³-hybridized carbons (Fsp3) is 0.586. The minimum Gasteiger partial charge on any atom is -0.451 e. The van der Waals surface area contributed by atoms with Gasteiger partial charge in [0, 0.05) is 56.6 Å². The summed E-state index contributed by atoms with van der Waals surface area (Å²) in [6.07, 6.45) is 7.84. The molecule has 5 rings (SSSR count). The Hall–Kier alpha value is -3.27. The van der Waals surface area contributed by atoms with Crippen molar-refractivity contribution < 1.29 is 18.7 Å². The molecule has 0 aliphatic carbocycles. The fourth-order valence-corrected chi connectivity index (χ4v) is 6.13. The Morgan fingerprint density at radius 3 is 2.67 bits per heavy atom. The van der Waals surface area contributed by atoms with E-state index >= 15 is 0 Å². The van der Waals surface area contributed by atoms with Gasteiger partial charge in [-0.2, -0.15) is 0 Å². The highest BCUT2D eigenvalue weighted by Gasteiger charge is 2.46. The van der Waals surface area contributed by atoms with Gasteiger partial charge in [0.1, 0.15) is 17.9 Å². The maximum absolute atomic E-state index is 14.2. The van der Waals surface area contributed by atoms with Crippen LogP contribution in [0, 0.1) is 11.2 Å². The molecule has 3 saturated heterocycles. The number of nitrogens with zero attached hydrogens (tertiary/aromatic N) is 5. The lowest BCUT2D eigenvalue weighted by Gasteiger charge is -2.54. The zero-order valence-corrected chi connectivity index (χ0v) is 23.2. The van der Waals surface area contributed by atoms with Crippen LogP contribution in [-0.2, 0) is 4.79 Å². The molecule has 1 aromatic carbocycles. The predicted octanol–water partition coefficient (Wildman–Crippen LogP) is 3.85. The third kappa shape index (κ3) is 5.85. The van der Waals surface area contributed by atoms with Crippen LogP contribution in [0.5, 0.6) is 11.5 Å². The molecule has 210 valence electrons. The molecule has 9 nitrogen and oxygen atoms in total. The summed E-state index contributed by atoms with van der Waals surface area (Å²) in [6, 6.07) is 4.29. The van der Waals surface area contributed by atoms with Crippen LogP contribution in [0.1, 0.15) is 63.2 Å². The summed E-state index contributed by atoms with van der Waals surface area (Å²) < 4.78 is 20.4. The van der Waals surface area contributed by atoms with Crippen LogP contribution in [0.15, 0.2) is 30.7 Å². The van der Waals surface area contributed by atoms with Gasteiger partial charge < -0.3 is 24.8 Å². The Balaban J connectivity index is 1.24. The van der Waals surface area contributed by atoms with E-state index in [1.165, 1.54) is 24.5 Å². The summed E-state index contributed by atoms with van der Waals surface area (Å²) in [6.45, 7) is 10.5. The summed E-state index contributed by atoms with van der Waals surface area (Å²) >= 11 is 0. The van der Waals surface area contributed by atoms with E-state index in [0.29, 0.717) is 30.6 Å². The molecule has 10 heteroatoms. The third-order valence-corrected chi connectivity index (χ3v) is 8.39. The molecule has 0 saturated carbocycles. The maximum Gasteiger partial charge on any atom is 0.257 e. The van der Waals surface area contributed by atoms with Gasteiger partial charge in [-0.15, -0.1) is 0 Å². The molecule has 3 fully saturated rings. The summed E-state index contributed by atoms with van der Waals surface area (Å²) in [5.74, 6) is 0.834. The van der Waals surface area contributed by atoms with Crippen molar-refractivity contribution in [1.29, 1.82) is 0 Å². The van der Waals surface area contributed by atoms with Crippen molar-refractivity contribution in [1.82, 2.24) is 25.1 Å². The Morgan fingerprint density at radius 2 is 2.00 bits per heavy atom. The number of aromatic nitrogens is 2. The molecule has 1 N–H and O–H groups in total. The van der Waals surface area contributed by atoms with E-state index in [9.17, 15) is 14.0 Å². The Bertz CT molecular complexity index is 1190. The van der Waals surface area contributed by atoms with Gasteiger partial charge in [-0.05, 0) is 71.2 Å². The lowest BCUT2D eigenvalue weighted by molar-refractivity contribution is -0.134. The summed E-state index contributed by atoms with van der Waals surface area (Å²) in [4.78, 5) is 40.5. The zero-order valence-electron chi connectivity index (χ0n) is 23.2. The number of amides is 2. The molecule has 0 unspecified atom stereocenters. The highest BCUT2D eigenvalue weighted by Crippen LogP contribution is 2.45. The van der Waals surface area contributed by atoms with Gasteiger partial charge in [0.05, 0.1) is 11.8 Å². The number of halogens is 1. The van der Waals surface area contributed by atoms with E-state index in [1.54, 1.807) is 11.1 Å². The second-order valence-electron chi connectivity index (χ2n) is 11.4. The third-order valence-electron chi connectivity index (χ3n) is 8.39. The number of piperidine rings is 1. The molecule has 39 heavy (non-hydrogen) atoms. The second kappa shape index (κ2) is 11.5. The maximum atomic E-state index is 14.2. The molecular formula is C29H39FN6O3. The highest BCUT2D eigenvalue weighted by atomic mass is 19.1. The van der Waals surface area contributed by atoms with E-state index in [0.717, 1.165) is 58.4 Å². The molecule has 1 spiro atoms. The van der Waals surface area contributed by atoms with Crippen molar-refractivity contribution in [3.63, 3.8) is 0 Å². The number of carbonyl (C=O) groups is 2. The minimum atomic E-state index is -0.496. The predicted molar refractivity (Wildman–Crippen MR) is 146 cm³/mol. The first-order chi connectivity index (χ1) is 18.8. The summed E-state index contributed by atoms with van der Waals surface area (Å²) in [7, 11) is 0. The second-order valence-corrected chi connectivity index (χ2v) is 11.4. The molecule has 1 atom stereocenters. The minimum absolute atomic E-state index is 0.0346. The first-order valence-corrected chi connectivity index (χ1v) is 14.1. The molecular weight excluding hydrogens is 499 g/mol. The lowest BCUT2D eigenvalue weighted by atomic mass is 9.72. The first-order valence-electron chi connectivity index (χ1n) is 14.1. The average Bonchev–Trinajstić information content (AvgIpc) is 3.42. The number of likely N-dealkylation sites (tertiary alicyclic amines) is 1. The highest BCUT2D eigenvalue weighted by molar-refractivity contribution is 5.97. The van der Waals surface area contributed by atoms with E-state index < -0.39 is 5.82 Å². The lowest BCUT2D eigenvalue weighted by Crippen LogP contribution is -2.61. The molecule has 3 aliphatic heterocycles. The van der Waals surface area contributed by atoms with Crippen molar-refractivity contribution in [3.8, 4) is 11.5 Å². The van der Waals surface area contributed by atoms with Gasteiger partial charge in [-0.3, -0.25) is 9.59 Å². The smallest absolute Gasteiger partial charge is 0.257 e. The van der Waals surface area contributed by atoms with Crippen molar-refractivity contribution in [2.45, 2.75) is 65.0 Å². The summed E-state index contributed by atoms with van der Waals surface area (Å²) in [5.41, 5.74) is 0.325. The van der Waals surface area contributed by atoms with E-state index in [-0.39, 0.29) is 34.6 Å². The van der Waals surface area contributed by atoms with Gasteiger partial charge >= 0.3 is 0 Å². The molecule has 2 amide bonds. The zero-order chi connectivity index (χ0) is 27.6. The van der Waals surface area contributed by atoms with Crippen molar-refractivity contribution in [2.24, 2.45) is 5.41 Å². The number of hydrogen-bond donors (Lipinski definition) is 1. The monoisotopic (exact) mass is 538 g/mol. The van der Waals surface area contributed by atoms with Gasteiger partial charge in [0.15, 0.2) is 11.6 Å². The molecule has 0 radical (unpaired) electrons. The number of rotatable bonds is 8. The number of hydrogen-bond acceptors (Lipinski definition) is 7. The topological polar surface area (TPSA) is 90.9 Å². The molecule has 1 aromatic heterocycles. The average molecular weight is 539 g/mol. The van der Waals surface area contributed by atoms with Gasteiger partial charge in [0.25, 0.3) is 5.91 Å². The van der Waals surface area contributed by atoms with Crippen molar-refractivity contribution in [2.75, 3.05) is 44.2 Å². The first kappa shape index (κ1) is 27.3. The summed E-state index contributed by atoms with van der Waals surface area (Å²) in [5, 5.41) is 3.42. The number of ether oxygens (including phenoxy) is 1. The Morgan fingerprint density at radius 1 is 1.23 bits per heavy atom. The van der Waals surface area contributed by atoms with E-state index in [4.69, 9.17) is 4.74 Å². The van der Waals surface area contributed by atoms with Crippen molar-refractivity contribution >= 4 is 17.6 Å². The Kier molecular flexibility index (Phi) is 8.02. The SMILES string of the molecule is CCN(C(=O)c1cc(F)ccc1Oc1cncnc1N1CC2(CCN(C(=O)C[C@@H]3CCCN3)CC2)C1)C(C)C. The molecule has 0 bridgehead atoms. The number of benzene rings is 1. The number of anilines is 1. The molecule has 2 aromatic rings. The number of nitrogens with one attached hydrogen (secondary N) is 1. The quantitative estimate of drug-likeness (QED) is 0.546. The molecule has 4 heterocycles.